The first-order chi connectivity index (χ1) is 12.2. The third-order valence-electron chi connectivity index (χ3n) is 4.80. The molecule has 1 aliphatic rings. The number of methoxy groups -OCH3 is 1. The lowest BCUT2D eigenvalue weighted by Crippen LogP contribution is -2.50. The lowest BCUT2D eigenvalue weighted by atomic mass is 9.66. The van der Waals surface area contributed by atoms with Gasteiger partial charge in [-0.25, -0.2) is 0 Å². The fourth-order valence-electron chi connectivity index (χ4n) is 3.76. The van der Waals surface area contributed by atoms with Crippen LogP contribution in [-0.4, -0.2) is 40.1 Å². The number of hydrogen-bond acceptors (Lipinski definition) is 5. The molecule has 0 bridgehead atoms. The summed E-state index contributed by atoms with van der Waals surface area (Å²) in [5, 5.41) is 16.5. The van der Waals surface area contributed by atoms with Crippen molar-refractivity contribution in [2.45, 2.75) is 44.8 Å². The first-order valence-electron chi connectivity index (χ1n) is 8.61. The Morgan fingerprint density at radius 2 is 2.08 bits per heavy atom. The first-order valence-corrected chi connectivity index (χ1v) is 8.61. The van der Waals surface area contributed by atoms with E-state index in [1.165, 1.54) is 0 Å². The standard InChI is InChI=1S/C19H24N2O5/c1-10(2)26-18(23)16-14(11-6-5-7-12(8-11)25-4)15-13(9-19(16,3)24)20-21-17(15)22/h5-8,10,14,16,24H,9H2,1-4H3,(H2,20,21,22)/t14-,16-,19+/m0/s1. The van der Waals surface area contributed by atoms with Crippen molar-refractivity contribution in [2.75, 3.05) is 7.11 Å². The molecule has 7 heteroatoms. The zero-order valence-corrected chi connectivity index (χ0v) is 15.3. The second-order valence-electron chi connectivity index (χ2n) is 7.22. The number of H-pyrrole nitrogens is 2. The Bertz CT molecular complexity index is 865. The van der Waals surface area contributed by atoms with Gasteiger partial charge in [0.2, 0.25) is 0 Å². The second kappa shape index (κ2) is 6.64. The van der Waals surface area contributed by atoms with Gasteiger partial charge in [0.05, 0.1) is 24.7 Å². The van der Waals surface area contributed by atoms with Gasteiger partial charge in [0.1, 0.15) is 5.75 Å². The molecular weight excluding hydrogens is 336 g/mol. The molecule has 140 valence electrons. The maximum atomic E-state index is 12.9. The summed E-state index contributed by atoms with van der Waals surface area (Å²) in [6.07, 6.45) is -0.172. The van der Waals surface area contributed by atoms with Crippen LogP contribution in [0.15, 0.2) is 29.1 Å². The molecule has 0 saturated carbocycles. The maximum absolute atomic E-state index is 12.9. The van der Waals surface area contributed by atoms with Gasteiger partial charge in [0, 0.05) is 23.6 Å². The average Bonchev–Trinajstić information content (AvgIpc) is 2.92. The predicted molar refractivity (Wildman–Crippen MR) is 95.3 cm³/mol. The third-order valence-corrected chi connectivity index (χ3v) is 4.80. The summed E-state index contributed by atoms with van der Waals surface area (Å²) < 4.78 is 10.7. The van der Waals surface area contributed by atoms with Crippen molar-refractivity contribution in [3.05, 3.63) is 51.4 Å². The highest BCUT2D eigenvalue weighted by molar-refractivity contribution is 5.77. The summed E-state index contributed by atoms with van der Waals surface area (Å²) in [5.74, 6) is -1.48. The molecule has 26 heavy (non-hydrogen) atoms. The molecule has 0 aliphatic heterocycles. The minimum Gasteiger partial charge on any atom is -0.497 e. The lowest BCUT2D eigenvalue weighted by Gasteiger charge is -2.40. The summed E-state index contributed by atoms with van der Waals surface area (Å²) >= 11 is 0. The number of aromatic nitrogens is 2. The molecule has 1 heterocycles. The van der Waals surface area contributed by atoms with Crippen LogP contribution >= 0.6 is 0 Å². The van der Waals surface area contributed by atoms with E-state index in [-0.39, 0.29) is 18.1 Å². The molecule has 0 radical (unpaired) electrons. The van der Waals surface area contributed by atoms with Gasteiger partial charge >= 0.3 is 5.97 Å². The molecule has 0 unspecified atom stereocenters. The van der Waals surface area contributed by atoms with Crippen molar-refractivity contribution in [3.63, 3.8) is 0 Å². The molecule has 0 spiro atoms. The maximum Gasteiger partial charge on any atom is 0.313 e. The van der Waals surface area contributed by atoms with E-state index in [9.17, 15) is 14.7 Å². The van der Waals surface area contributed by atoms with Crippen molar-refractivity contribution in [1.29, 1.82) is 0 Å². The van der Waals surface area contributed by atoms with E-state index in [1.807, 2.05) is 6.07 Å². The monoisotopic (exact) mass is 360 g/mol. The van der Waals surface area contributed by atoms with Gasteiger partial charge in [-0.2, -0.15) is 0 Å². The quantitative estimate of drug-likeness (QED) is 0.720. The van der Waals surface area contributed by atoms with Gasteiger partial charge in [0.15, 0.2) is 0 Å². The highest BCUT2D eigenvalue weighted by Crippen LogP contribution is 2.45. The largest absolute Gasteiger partial charge is 0.497 e. The van der Waals surface area contributed by atoms with E-state index in [0.717, 1.165) is 0 Å². The summed E-state index contributed by atoms with van der Waals surface area (Å²) in [7, 11) is 1.55. The van der Waals surface area contributed by atoms with Crippen molar-refractivity contribution in [2.24, 2.45) is 5.92 Å². The van der Waals surface area contributed by atoms with Crippen LogP contribution in [0.2, 0.25) is 0 Å². The number of aliphatic hydroxyl groups is 1. The molecule has 3 N–H and O–H groups in total. The van der Waals surface area contributed by atoms with Gasteiger partial charge in [0.25, 0.3) is 5.56 Å². The topological polar surface area (TPSA) is 104 Å². The summed E-state index contributed by atoms with van der Waals surface area (Å²) in [6.45, 7) is 5.11. The SMILES string of the molecule is COc1cccc([C@H]2c3c([nH][nH]c3=O)C[C@@](C)(O)[C@@H]2C(=O)OC(C)C)c1. The Hall–Kier alpha value is -2.54. The Morgan fingerprint density at radius 3 is 2.73 bits per heavy atom. The zero-order valence-electron chi connectivity index (χ0n) is 15.3. The molecular formula is C19H24N2O5. The van der Waals surface area contributed by atoms with Crippen LogP contribution in [0.5, 0.6) is 5.75 Å². The Morgan fingerprint density at radius 1 is 1.35 bits per heavy atom. The fourth-order valence-corrected chi connectivity index (χ4v) is 3.76. The highest BCUT2D eigenvalue weighted by atomic mass is 16.5. The molecule has 1 aliphatic carbocycles. The summed E-state index contributed by atoms with van der Waals surface area (Å²) in [5.41, 5.74) is 0.0849. The Kier molecular flexibility index (Phi) is 4.66. The third kappa shape index (κ3) is 3.14. The number of rotatable bonds is 4. The van der Waals surface area contributed by atoms with Gasteiger partial charge < -0.3 is 19.7 Å². The zero-order chi connectivity index (χ0) is 19.1. The molecule has 2 aromatic rings. The van der Waals surface area contributed by atoms with E-state index >= 15 is 0 Å². The number of ether oxygens (including phenoxy) is 2. The van der Waals surface area contributed by atoms with E-state index in [0.29, 0.717) is 22.6 Å². The van der Waals surface area contributed by atoms with E-state index in [2.05, 4.69) is 10.2 Å². The van der Waals surface area contributed by atoms with Gasteiger partial charge in [-0.05, 0) is 38.5 Å². The molecule has 1 aromatic heterocycles. The summed E-state index contributed by atoms with van der Waals surface area (Å²) in [4.78, 5) is 25.3. The number of nitrogens with one attached hydrogen (secondary N) is 2. The van der Waals surface area contributed by atoms with Gasteiger partial charge in [-0.3, -0.25) is 14.7 Å². The van der Waals surface area contributed by atoms with Crippen LogP contribution in [-0.2, 0) is 16.0 Å². The van der Waals surface area contributed by atoms with Gasteiger partial charge in [-0.15, -0.1) is 0 Å². The molecule has 3 rings (SSSR count). The minimum atomic E-state index is -1.38. The number of benzene rings is 1. The van der Waals surface area contributed by atoms with Crippen molar-refractivity contribution < 1.29 is 19.4 Å². The van der Waals surface area contributed by atoms with E-state index in [4.69, 9.17) is 9.47 Å². The van der Waals surface area contributed by atoms with Crippen molar-refractivity contribution in [3.8, 4) is 5.75 Å². The molecule has 3 atom stereocenters. The van der Waals surface area contributed by atoms with Crippen molar-refractivity contribution in [1.82, 2.24) is 10.2 Å². The van der Waals surface area contributed by atoms with E-state index in [1.54, 1.807) is 46.1 Å². The normalized spacial score (nSPS) is 25.0. The Labute approximate surface area is 151 Å². The average molecular weight is 360 g/mol. The van der Waals surface area contributed by atoms with Crippen LogP contribution in [0.3, 0.4) is 0 Å². The number of aromatic amines is 2. The van der Waals surface area contributed by atoms with Crippen LogP contribution < -0.4 is 10.3 Å². The van der Waals surface area contributed by atoms with Crippen LogP contribution in [0.1, 0.15) is 43.5 Å². The van der Waals surface area contributed by atoms with Crippen LogP contribution in [0, 0.1) is 5.92 Å². The Balaban J connectivity index is 2.20. The minimum absolute atomic E-state index is 0.152. The number of carbonyl (C=O) groups excluding carboxylic acids is 1. The number of hydrogen-bond donors (Lipinski definition) is 3. The molecule has 0 amide bonds. The molecule has 7 nitrogen and oxygen atoms in total. The highest BCUT2D eigenvalue weighted by Gasteiger charge is 2.51. The number of fused-ring (bicyclic) bond motifs is 1. The lowest BCUT2D eigenvalue weighted by molar-refractivity contribution is -0.163. The van der Waals surface area contributed by atoms with E-state index < -0.39 is 23.4 Å². The summed E-state index contributed by atoms with van der Waals surface area (Å²) in [6, 6.07) is 7.18. The smallest absolute Gasteiger partial charge is 0.313 e. The molecule has 1 aromatic carbocycles. The molecule has 0 fully saturated rings. The van der Waals surface area contributed by atoms with Gasteiger partial charge in [-0.1, -0.05) is 12.1 Å². The second-order valence-corrected chi connectivity index (χ2v) is 7.22. The molecule has 0 saturated heterocycles. The number of carbonyl (C=O) groups is 1. The van der Waals surface area contributed by atoms with Crippen LogP contribution in [0.4, 0.5) is 0 Å². The first kappa shape index (κ1) is 18.3. The predicted octanol–water partition coefficient (Wildman–Crippen LogP) is 1.72. The fraction of sp³-hybridized carbons (Fsp3) is 0.474. The van der Waals surface area contributed by atoms with Crippen molar-refractivity contribution >= 4 is 5.97 Å². The number of esters is 1. The van der Waals surface area contributed by atoms with Crippen LogP contribution in [0.25, 0.3) is 0 Å².